The van der Waals surface area contributed by atoms with Crippen molar-refractivity contribution in [3.8, 4) is 11.5 Å². The number of halogens is 2. The molecule has 6 N–H and O–H groups in total. The minimum absolute atomic E-state index is 0.108. The van der Waals surface area contributed by atoms with Gasteiger partial charge in [0.15, 0.2) is 11.7 Å². The standard InChI is InChI=1S/C14H13Cl2N5O/c15-8-1-4-10(5-2-8)22-12-6-3-9(16)7-11(12)20-14(19)21-13(17)18/h1-7H,(H6,17,18,19,20,21). The molecule has 0 saturated heterocycles. The summed E-state index contributed by atoms with van der Waals surface area (Å²) in [5.74, 6) is 0.732. The summed E-state index contributed by atoms with van der Waals surface area (Å²) in [6, 6.07) is 11.8. The van der Waals surface area contributed by atoms with Crippen LogP contribution in [0.15, 0.2) is 52.4 Å². The molecule has 0 amide bonds. The maximum Gasteiger partial charge on any atom is 0.223 e. The van der Waals surface area contributed by atoms with Crippen molar-refractivity contribution in [3.63, 3.8) is 0 Å². The Morgan fingerprint density at radius 1 is 0.909 bits per heavy atom. The molecule has 8 heteroatoms. The predicted octanol–water partition coefficient (Wildman–Crippen LogP) is 3.01. The van der Waals surface area contributed by atoms with Crippen LogP contribution in [0.1, 0.15) is 0 Å². The number of benzene rings is 2. The van der Waals surface area contributed by atoms with Crippen molar-refractivity contribution >= 4 is 40.8 Å². The van der Waals surface area contributed by atoms with Crippen LogP contribution in [0.5, 0.6) is 11.5 Å². The minimum Gasteiger partial charge on any atom is -0.455 e. The molecule has 0 aromatic heterocycles. The van der Waals surface area contributed by atoms with Crippen LogP contribution in [0.4, 0.5) is 5.69 Å². The van der Waals surface area contributed by atoms with Crippen LogP contribution in [0.2, 0.25) is 10.0 Å². The lowest BCUT2D eigenvalue weighted by molar-refractivity contribution is 0.484. The molecule has 0 aliphatic carbocycles. The molecular weight excluding hydrogens is 325 g/mol. The predicted molar refractivity (Wildman–Crippen MR) is 90.1 cm³/mol. The Hall–Kier alpha value is -2.44. The molecule has 2 aromatic rings. The van der Waals surface area contributed by atoms with Gasteiger partial charge in [0.1, 0.15) is 11.4 Å². The van der Waals surface area contributed by atoms with Crippen molar-refractivity contribution in [2.45, 2.75) is 0 Å². The van der Waals surface area contributed by atoms with Crippen molar-refractivity contribution in [2.24, 2.45) is 27.2 Å². The fourth-order valence-electron chi connectivity index (χ4n) is 1.57. The molecule has 0 spiro atoms. The van der Waals surface area contributed by atoms with Crippen molar-refractivity contribution in [1.29, 1.82) is 0 Å². The zero-order valence-electron chi connectivity index (χ0n) is 11.3. The van der Waals surface area contributed by atoms with E-state index < -0.39 is 0 Å². The number of hydrogen-bond acceptors (Lipinski definition) is 2. The minimum atomic E-state index is -0.191. The first kappa shape index (κ1) is 15.9. The summed E-state index contributed by atoms with van der Waals surface area (Å²) in [6.07, 6.45) is 0. The third-order valence-corrected chi connectivity index (χ3v) is 2.93. The van der Waals surface area contributed by atoms with Crippen LogP contribution in [0.3, 0.4) is 0 Å². The summed E-state index contributed by atoms with van der Waals surface area (Å²) in [6.45, 7) is 0. The highest BCUT2D eigenvalue weighted by atomic mass is 35.5. The molecule has 0 radical (unpaired) electrons. The van der Waals surface area contributed by atoms with E-state index in [0.717, 1.165) is 0 Å². The highest BCUT2D eigenvalue weighted by Crippen LogP contribution is 2.34. The molecule has 114 valence electrons. The molecule has 0 aliphatic heterocycles. The third kappa shape index (κ3) is 4.54. The van der Waals surface area contributed by atoms with E-state index in [1.54, 1.807) is 42.5 Å². The van der Waals surface area contributed by atoms with Crippen molar-refractivity contribution in [3.05, 3.63) is 52.5 Å². The van der Waals surface area contributed by atoms with Gasteiger partial charge in [-0.1, -0.05) is 23.2 Å². The molecule has 0 bridgehead atoms. The van der Waals surface area contributed by atoms with E-state index in [0.29, 0.717) is 27.2 Å². The van der Waals surface area contributed by atoms with Gasteiger partial charge in [0.05, 0.1) is 0 Å². The first-order valence-corrected chi connectivity index (χ1v) is 6.86. The summed E-state index contributed by atoms with van der Waals surface area (Å²) in [5.41, 5.74) is 16.5. The number of guanidine groups is 2. The topological polar surface area (TPSA) is 112 Å². The Morgan fingerprint density at radius 3 is 2.18 bits per heavy atom. The van der Waals surface area contributed by atoms with Gasteiger partial charge in [-0.3, -0.25) is 0 Å². The molecule has 2 rings (SSSR count). The van der Waals surface area contributed by atoms with Crippen LogP contribution in [-0.2, 0) is 0 Å². The van der Waals surface area contributed by atoms with E-state index in [4.69, 9.17) is 45.1 Å². The molecule has 6 nitrogen and oxygen atoms in total. The molecule has 0 saturated carbocycles. The Bertz CT molecular complexity index is 725. The average molecular weight is 338 g/mol. The second kappa shape index (κ2) is 7.02. The van der Waals surface area contributed by atoms with E-state index in [9.17, 15) is 0 Å². The summed E-state index contributed by atoms with van der Waals surface area (Å²) < 4.78 is 5.73. The summed E-state index contributed by atoms with van der Waals surface area (Å²) in [5, 5.41) is 1.08. The van der Waals surface area contributed by atoms with Crippen LogP contribution in [0, 0.1) is 0 Å². The molecular formula is C14H13Cl2N5O. The molecule has 22 heavy (non-hydrogen) atoms. The van der Waals surface area contributed by atoms with Crippen LogP contribution >= 0.6 is 23.2 Å². The Balaban J connectivity index is 2.35. The van der Waals surface area contributed by atoms with Gasteiger partial charge < -0.3 is 21.9 Å². The lowest BCUT2D eigenvalue weighted by atomic mass is 10.3. The number of rotatable bonds is 3. The van der Waals surface area contributed by atoms with Crippen molar-refractivity contribution in [1.82, 2.24) is 0 Å². The lowest BCUT2D eigenvalue weighted by Crippen LogP contribution is -2.26. The van der Waals surface area contributed by atoms with Crippen LogP contribution in [-0.4, -0.2) is 11.9 Å². The van der Waals surface area contributed by atoms with Gasteiger partial charge in [-0.2, -0.15) is 4.99 Å². The maximum absolute atomic E-state index is 5.96. The summed E-state index contributed by atoms with van der Waals surface area (Å²) in [7, 11) is 0. The maximum atomic E-state index is 5.96. The van der Waals surface area contributed by atoms with Gasteiger partial charge in [-0.05, 0) is 42.5 Å². The van der Waals surface area contributed by atoms with E-state index in [1.165, 1.54) is 0 Å². The Kier molecular flexibility index (Phi) is 5.08. The normalized spacial score (nSPS) is 11.1. The highest BCUT2D eigenvalue weighted by molar-refractivity contribution is 6.31. The zero-order valence-corrected chi connectivity index (χ0v) is 12.8. The number of aliphatic imine (C=N–C) groups is 2. The molecule has 0 unspecified atom stereocenters. The monoisotopic (exact) mass is 337 g/mol. The quantitative estimate of drug-likeness (QED) is 0.590. The van der Waals surface area contributed by atoms with E-state index in [2.05, 4.69) is 9.98 Å². The summed E-state index contributed by atoms with van der Waals surface area (Å²) in [4.78, 5) is 7.73. The zero-order chi connectivity index (χ0) is 16.1. The van der Waals surface area contributed by atoms with Crippen LogP contribution in [0.25, 0.3) is 0 Å². The van der Waals surface area contributed by atoms with E-state index in [1.807, 2.05) is 0 Å². The smallest absolute Gasteiger partial charge is 0.223 e. The highest BCUT2D eigenvalue weighted by Gasteiger charge is 2.07. The average Bonchev–Trinajstić information content (AvgIpc) is 2.43. The van der Waals surface area contributed by atoms with Gasteiger partial charge in [-0.25, -0.2) is 4.99 Å². The van der Waals surface area contributed by atoms with Gasteiger partial charge in [0, 0.05) is 10.0 Å². The Labute approximate surface area is 137 Å². The molecule has 2 aromatic carbocycles. The third-order valence-electron chi connectivity index (χ3n) is 2.44. The first-order valence-electron chi connectivity index (χ1n) is 6.11. The summed E-state index contributed by atoms with van der Waals surface area (Å²) >= 11 is 11.8. The molecule has 0 heterocycles. The van der Waals surface area contributed by atoms with E-state index >= 15 is 0 Å². The fourth-order valence-corrected chi connectivity index (χ4v) is 1.87. The van der Waals surface area contributed by atoms with Crippen molar-refractivity contribution < 1.29 is 4.74 Å². The molecule has 0 atom stereocenters. The SMILES string of the molecule is NC(N)=NC(N)=Nc1cc(Cl)ccc1Oc1ccc(Cl)cc1. The second-order valence-corrected chi connectivity index (χ2v) is 5.05. The number of nitrogens with two attached hydrogens (primary N) is 3. The second-order valence-electron chi connectivity index (χ2n) is 4.17. The first-order chi connectivity index (χ1) is 10.4. The van der Waals surface area contributed by atoms with Crippen molar-refractivity contribution in [2.75, 3.05) is 0 Å². The van der Waals surface area contributed by atoms with Gasteiger partial charge >= 0.3 is 0 Å². The number of nitrogens with zero attached hydrogens (tertiary/aromatic N) is 2. The van der Waals surface area contributed by atoms with Crippen LogP contribution < -0.4 is 21.9 Å². The fraction of sp³-hybridized carbons (Fsp3) is 0. The van der Waals surface area contributed by atoms with E-state index in [-0.39, 0.29) is 11.9 Å². The number of ether oxygens (including phenoxy) is 1. The largest absolute Gasteiger partial charge is 0.455 e. The lowest BCUT2D eigenvalue weighted by Gasteiger charge is -2.09. The molecule has 0 fully saturated rings. The number of hydrogen-bond donors (Lipinski definition) is 3. The Morgan fingerprint density at radius 2 is 1.55 bits per heavy atom. The van der Waals surface area contributed by atoms with Gasteiger partial charge in [0.25, 0.3) is 0 Å². The van der Waals surface area contributed by atoms with Gasteiger partial charge in [-0.15, -0.1) is 0 Å². The van der Waals surface area contributed by atoms with Gasteiger partial charge in [0.2, 0.25) is 5.96 Å². The molecule has 0 aliphatic rings.